The summed E-state index contributed by atoms with van der Waals surface area (Å²) in [5.74, 6) is -0.0360. The van der Waals surface area contributed by atoms with E-state index in [9.17, 15) is 4.39 Å². The molecule has 0 radical (unpaired) electrons. The molecule has 1 N–H and O–H groups in total. The van der Waals surface area contributed by atoms with Gasteiger partial charge in [0.2, 0.25) is 0 Å². The van der Waals surface area contributed by atoms with Gasteiger partial charge in [-0.15, -0.1) is 0 Å². The van der Waals surface area contributed by atoms with Crippen molar-refractivity contribution in [2.45, 2.75) is 13.0 Å². The molecule has 0 aromatic heterocycles. The minimum atomic E-state index is -0.405. The molecule has 1 aromatic carbocycles. The number of rotatable bonds is 1. The predicted molar refractivity (Wildman–Crippen MR) is 59.0 cm³/mol. The Balaban J connectivity index is 2.46. The van der Waals surface area contributed by atoms with Crippen LogP contribution in [0.1, 0.15) is 12.5 Å². The monoisotopic (exact) mass is 225 g/mol. The van der Waals surface area contributed by atoms with Gasteiger partial charge in [0.05, 0.1) is 16.6 Å². The van der Waals surface area contributed by atoms with Gasteiger partial charge in [-0.25, -0.2) is 4.39 Å². The lowest BCUT2D eigenvalue weighted by Crippen LogP contribution is -2.27. The molecule has 1 atom stereocenters. The van der Waals surface area contributed by atoms with E-state index in [1.165, 1.54) is 6.07 Å². The average Bonchev–Trinajstić information content (AvgIpc) is 2.17. The molecule has 5 heteroatoms. The number of amidine groups is 1. The maximum absolute atomic E-state index is 13.5. The Kier molecular flexibility index (Phi) is 2.68. The molecule has 0 amide bonds. The van der Waals surface area contributed by atoms with Gasteiger partial charge in [-0.1, -0.05) is 17.7 Å². The Bertz CT molecular complexity index is 422. The lowest BCUT2D eigenvalue weighted by molar-refractivity contribution is 0.623. The predicted octanol–water partition coefficient (Wildman–Crippen LogP) is 2.20. The Morgan fingerprint density at radius 2 is 2.27 bits per heavy atom. The summed E-state index contributed by atoms with van der Waals surface area (Å²) < 4.78 is 13.5. The molecule has 1 aliphatic heterocycles. The van der Waals surface area contributed by atoms with Crippen LogP contribution >= 0.6 is 11.6 Å². The van der Waals surface area contributed by atoms with Crippen molar-refractivity contribution in [2.75, 3.05) is 0 Å². The number of benzene rings is 1. The molecule has 0 spiro atoms. The van der Waals surface area contributed by atoms with Crippen LogP contribution in [0.5, 0.6) is 0 Å². The van der Waals surface area contributed by atoms with Crippen LogP contribution in [0.3, 0.4) is 0 Å². The highest BCUT2D eigenvalue weighted by atomic mass is 35.5. The van der Waals surface area contributed by atoms with E-state index >= 15 is 0 Å². The van der Waals surface area contributed by atoms with Gasteiger partial charge in [0, 0.05) is 6.21 Å². The van der Waals surface area contributed by atoms with Crippen LogP contribution in [-0.4, -0.2) is 18.1 Å². The number of nitrogens with one attached hydrogen (secondary N) is 1. The van der Waals surface area contributed by atoms with Crippen molar-refractivity contribution in [3.05, 3.63) is 34.6 Å². The summed E-state index contributed by atoms with van der Waals surface area (Å²) in [5.41, 5.74) is 2.91. The van der Waals surface area contributed by atoms with Crippen molar-refractivity contribution >= 4 is 23.7 Å². The van der Waals surface area contributed by atoms with Crippen LogP contribution in [0.25, 0.3) is 0 Å². The zero-order valence-electron chi connectivity index (χ0n) is 8.04. The lowest BCUT2D eigenvalue weighted by atomic mass is 10.2. The van der Waals surface area contributed by atoms with Gasteiger partial charge in [-0.05, 0) is 19.1 Å². The Morgan fingerprint density at radius 1 is 1.47 bits per heavy atom. The average molecular weight is 226 g/mol. The first-order valence-corrected chi connectivity index (χ1v) is 4.87. The summed E-state index contributed by atoms with van der Waals surface area (Å²) in [6.07, 6.45) is 1.64. The van der Waals surface area contributed by atoms with E-state index in [2.05, 4.69) is 15.5 Å². The SMILES string of the molecule is CC1C=NNC(c2c(F)cccc2Cl)=N1. The maximum atomic E-state index is 13.5. The van der Waals surface area contributed by atoms with Gasteiger partial charge in [0.15, 0.2) is 5.84 Å². The molecule has 78 valence electrons. The van der Waals surface area contributed by atoms with Gasteiger partial charge in [0.1, 0.15) is 5.82 Å². The molecule has 3 nitrogen and oxygen atoms in total. The number of aliphatic imine (C=N–C) groups is 1. The van der Waals surface area contributed by atoms with Gasteiger partial charge in [0.25, 0.3) is 0 Å². The molecule has 0 saturated carbocycles. The zero-order valence-corrected chi connectivity index (χ0v) is 8.79. The summed E-state index contributed by atoms with van der Waals surface area (Å²) in [5, 5.41) is 4.19. The summed E-state index contributed by atoms with van der Waals surface area (Å²) in [7, 11) is 0. The lowest BCUT2D eigenvalue weighted by Gasteiger charge is -2.14. The number of halogens is 2. The number of hydrogen-bond donors (Lipinski definition) is 1. The molecule has 1 aromatic rings. The Labute approximate surface area is 91.7 Å². The van der Waals surface area contributed by atoms with Crippen molar-refractivity contribution in [2.24, 2.45) is 10.1 Å². The van der Waals surface area contributed by atoms with E-state index in [1.54, 1.807) is 18.3 Å². The van der Waals surface area contributed by atoms with E-state index in [4.69, 9.17) is 11.6 Å². The second kappa shape index (κ2) is 3.98. The summed E-state index contributed by atoms with van der Waals surface area (Å²) >= 11 is 5.90. The summed E-state index contributed by atoms with van der Waals surface area (Å²) in [4.78, 5) is 4.21. The van der Waals surface area contributed by atoms with Crippen molar-refractivity contribution in [3.63, 3.8) is 0 Å². The molecule has 1 heterocycles. The molecule has 0 bridgehead atoms. The Morgan fingerprint density at radius 3 is 2.93 bits per heavy atom. The highest BCUT2D eigenvalue weighted by Crippen LogP contribution is 2.20. The molecule has 0 saturated heterocycles. The first-order valence-electron chi connectivity index (χ1n) is 4.50. The molecular weight excluding hydrogens is 217 g/mol. The summed E-state index contributed by atoms with van der Waals surface area (Å²) in [6, 6.07) is 4.44. The largest absolute Gasteiger partial charge is 0.261 e. The van der Waals surface area contributed by atoms with Crippen LogP contribution < -0.4 is 5.43 Å². The second-order valence-electron chi connectivity index (χ2n) is 3.20. The van der Waals surface area contributed by atoms with Gasteiger partial charge in [-0.2, -0.15) is 5.10 Å². The minimum absolute atomic E-state index is 0.0723. The van der Waals surface area contributed by atoms with Crippen LogP contribution in [0.15, 0.2) is 28.3 Å². The minimum Gasteiger partial charge on any atom is -0.261 e. The van der Waals surface area contributed by atoms with E-state index in [1.807, 2.05) is 6.92 Å². The quantitative estimate of drug-likeness (QED) is 0.782. The molecular formula is C10H9ClFN3. The molecule has 1 unspecified atom stereocenters. The van der Waals surface area contributed by atoms with E-state index in [0.29, 0.717) is 10.9 Å². The van der Waals surface area contributed by atoms with Gasteiger partial charge < -0.3 is 0 Å². The van der Waals surface area contributed by atoms with Crippen molar-refractivity contribution in [3.8, 4) is 0 Å². The van der Waals surface area contributed by atoms with Crippen molar-refractivity contribution < 1.29 is 4.39 Å². The number of hydrazone groups is 1. The van der Waals surface area contributed by atoms with Crippen molar-refractivity contribution in [1.82, 2.24) is 5.43 Å². The first-order chi connectivity index (χ1) is 7.18. The summed E-state index contributed by atoms with van der Waals surface area (Å²) in [6.45, 7) is 1.86. The smallest absolute Gasteiger partial charge is 0.153 e. The van der Waals surface area contributed by atoms with Gasteiger partial charge >= 0.3 is 0 Å². The zero-order chi connectivity index (χ0) is 10.8. The van der Waals surface area contributed by atoms with E-state index in [-0.39, 0.29) is 11.6 Å². The third-order valence-corrected chi connectivity index (χ3v) is 2.31. The normalized spacial score (nSPS) is 19.7. The molecule has 2 rings (SSSR count). The van der Waals surface area contributed by atoms with E-state index < -0.39 is 5.82 Å². The third-order valence-electron chi connectivity index (χ3n) is 1.99. The highest BCUT2D eigenvalue weighted by molar-refractivity contribution is 6.34. The maximum Gasteiger partial charge on any atom is 0.153 e. The van der Waals surface area contributed by atoms with Crippen LogP contribution in [0.4, 0.5) is 4.39 Å². The number of hydrogen-bond acceptors (Lipinski definition) is 3. The van der Waals surface area contributed by atoms with Gasteiger partial charge in [-0.3, -0.25) is 10.4 Å². The fraction of sp³-hybridized carbons (Fsp3) is 0.200. The topological polar surface area (TPSA) is 36.8 Å². The first kappa shape index (κ1) is 10.1. The molecule has 0 fully saturated rings. The fourth-order valence-electron chi connectivity index (χ4n) is 1.32. The highest BCUT2D eigenvalue weighted by Gasteiger charge is 2.16. The Hall–Kier alpha value is -1.42. The molecule has 0 aliphatic carbocycles. The van der Waals surface area contributed by atoms with E-state index in [0.717, 1.165) is 0 Å². The second-order valence-corrected chi connectivity index (χ2v) is 3.61. The molecule has 1 aliphatic rings. The molecule has 15 heavy (non-hydrogen) atoms. The number of nitrogens with zero attached hydrogens (tertiary/aromatic N) is 2. The fourth-order valence-corrected chi connectivity index (χ4v) is 1.57. The van der Waals surface area contributed by atoms with Crippen molar-refractivity contribution in [1.29, 1.82) is 0 Å². The van der Waals surface area contributed by atoms with Crippen LogP contribution in [0.2, 0.25) is 5.02 Å². The van der Waals surface area contributed by atoms with Crippen LogP contribution in [0, 0.1) is 5.82 Å². The van der Waals surface area contributed by atoms with Crippen LogP contribution in [-0.2, 0) is 0 Å². The standard InChI is InChI=1S/C10H9ClFN3/c1-6-5-13-15-10(14-6)9-7(11)3-2-4-8(9)12/h2-6H,1H3,(H,14,15). The third kappa shape index (κ3) is 1.99.